The molecule has 4 aromatic rings. The van der Waals surface area contributed by atoms with Crippen LogP contribution in [0.2, 0.25) is 0 Å². The van der Waals surface area contributed by atoms with Crippen molar-refractivity contribution in [1.82, 2.24) is 9.55 Å². The quantitative estimate of drug-likeness (QED) is 0.237. The van der Waals surface area contributed by atoms with Gasteiger partial charge in [-0.05, 0) is 57.2 Å². The van der Waals surface area contributed by atoms with Crippen molar-refractivity contribution in [1.29, 1.82) is 0 Å². The van der Waals surface area contributed by atoms with Crippen LogP contribution in [0, 0.1) is 20.8 Å². The first-order chi connectivity index (χ1) is 21.1. The highest BCUT2D eigenvalue weighted by Crippen LogP contribution is 2.34. The standard InChI is InChI=1S/C33H30N2O9/c1-19-4-10-22(11-5-19)30(37)41-18-25-27(43-31(38)23-12-6-20(2)7-13-23)28(44-32(39)24-14-8-21(3)9-15-24)29(42-25)35-17-16-26(36)34-33(35)40/h4-17,25,27-29H,18H2,1-3H3,(H,34,36,40)/t25-,27-,28+,29-/m1/s1. The Hall–Kier alpha value is -5.29. The Bertz CT molecular complexity index is 1770. The van der Waals surface area contributed by atoms with Crippen LogP contribution in [0.4, 0.5) is 0 Å². The van der Waals surface area contributed by atoms with E-state index in [0.29, 0.717) is 0 Å². The summed E-state index contributed by atoms with van der Waals surface area (Å²) in [6, 6.07) is 21.1. The molecular formula is C33H30N2O9. The second-order valence-electron chi connectivity index (χ2n) is 10.5. The smallest absolute Gasteiger partial charge is 0.338 e. The van der Waals surface area contributed by atoms with Crippen LogP contribution in [-0.2, 0) is 18.9 Å². The van der Waals surface area contributed by atoms with Gasteiger partial charge in [0.05, 0.1) is 16.7 Å². The third kappa shape index (κ3) is 6.84. The third-order valence-corrected chi connectivity index (χ3v) is 7.14. The van der Waals surface area contributed by atoms with E-state index in [9.17, 15) is 24.0 Å². The molecule has 1 N–H and O–H groups in total. The van der Waals surface area contributed by atoms with Crippen LogP contribution in [-0.4, -0.2) is 52.4 Å². The van der Waals surface area contributed by atoms with Gasteiger partial charge in [-0.25, -0.2) is 19.2 Å². The average molecular weight is 599 g/mol. The second kappa shape index (κ2) is 12.9. The highest BCUT2D eigenvalue weighted by atomic mass is 16.7. The van der Waals surface area contributed by atoms with Crippen LogP contribution < -0.4 is 11.2 Å². The van der Waals surface area contributed by atoms with E-state index >= 15 is 0 Å². The molecule has 2 heterocycles. The molecule has 1 saturated heterocycles. The Kier molecular flexibility index (Phi) is 8.86. The van der Waals surface area contributed by atoms with Crippen molar-refractivity contribution in [3.8, 4) is 0 Å². The number of carbonyl (C=O) groups is 3. The Balaban J connectivity index is 1.50. The predicted molar refractivity (Wildman–Crippen MR) is 157 cm³/mol. The summed E-state index contributed by atoms with van der Waals surface area (Å²) < 4.78 is 24.4. The maximum atomic E-state index is 13.3. The lowest BCUT2D eigenvalue weighted by molar-refractivity contribution is -0.0640. The molecule has 5 rings (SSSR count). The number of esters is 3. The molecule has 1 fully saturated rings. The first-order valence-electron chi connectivity index (χ1n) is 13.8. The highest BCUT2D eigenvalue weighted by Gasteiger charge is 2.51. The fourth-order valence-corrected chi connectivity index (χ4v) is 4.66. The van der Waals surface area contributed by atoms with E-state index in [4.69, 9.17) is 18.9 Å². The van der Waals surface area contributed by atoms with Crippen LogP contribution in [0.15, 0.2) is 94.6 Å². The molecular weight excluding hydrogens is 568 g/mol. The first-order valence-corrected chi connectivity index (χ1v) is 13.8. The molecule has 11 nitrogen and oxygen atoms in total. The van der Waals surface area contributed by atoms with E-state index < -0.39 is 60.3 Å². The lowest BCUT2D eigenvalue weighted by atomic mass is 10.1. The molecule has 4 atom stereocenters. The van der Waals surface area contributed by atoms with E-state index in [2.05, 4.69) is 4.98 Å². The van der Waals surface area contributed by atoms with Gasteiger partial charge in [-0.15, -0.1) is 0 Å². The molecule has 1 aliphatic heterocycles. The van der Waals surface area contributed by atoms with Gasteiger partial charge in [0.2, 0.25) is 0 Å². The van der Waals surface area contributed by atoms with E-state index in [1.54, 1.807) is 72.8 Å². The number of hydrogen-bond donors (Lipinski definition) is 1. The molecule has 0 saturated carbocycles. The molecule has 0 bridgehead atoms. The molecule has 0 unspecified atom stereocenters. The Labute approximate surface area is 252 Å². The maximum Gasteiger partial charge on any atom is 0.338 e. The summed E-state index contributed by atoms with van der Waals surface area (Å²) >= 11 is 0. The summed E-state index contributed by atoms with van der Waals surface area (Å²) in [5, 5.41) is 0. The lowest BCUT2D eigenvalue weighted by Gasteiger charge is -2.25. The number of nitrogens with zero attached hydrogens (tertiary/aromatic N) is 1. The maximum absolute atomic E-state index is 13.3. The number of nitrogens with one attached hydrogen (secondary N) is 1. The minimum absolute atomic E-state index is 0.209. The number of hydrogen-bond acceptors (Lipinski definition) is 9. The fourth-order valence-electron chi connectivity index (χ4n) is 4.66. The van der Waals surface area contributed by atoms with Gasteiger partial charge in [0, 0.05) is 12.3 Å². The zero-order valence-electron chi connectivity index (χ0n) is 24.2. The molecule has 226 valence electrons. The number of aromatic amines is 1. The van der Waals surface area contributed by atoms with Gasteiger partial charge in [0.1, 0.15) is 12.7 Å². The zero-order chi connectivity index (χ0) is 31.4. The molecule has 11 heteroatoms. The molecule has 0 amide bonds. The molecule has 3 aromatic carbocycles. The number of H-pyrrole nitrogens is 1. The minimum atomic E-state index is -1.38. The van der Waals surface area contributed by atoms with Crippen LogP contribution in [0.25, 0.3) is 0 Å². The van der Waals surface area contributed by atoms with Gasteiger partial charge in [-0.1, -0.05) is 53.1 Å². The van der Waals surface area contributed by atoms with Crippen molar-refractivity contribution in [3.63, 3.8) is 0 Å². The summed E-state index contributed by atoms with van der Waals surface area (Å²) in [5.74, 6) is -2.18. The van der Waals surface area contributed by atoms with E-state index in [-0.39, 0.29) is 16.7 Å². The number of aromatic nitrogens is 2. The largest absolute Gasteiger partial charge is 0.459 e. The van der Waals surface area contributed by atoms with Crippen molar-refractivity contribution in [2.24, 2.45) is 0 Å². The number of rotatable bonds is 8. The van der Waals surface area contributed by atoms with Gasteiger partial charge < -0.3 is 18.9 Å². The zero-order valence-corrected chi connectivity index (χ0v) is 24.2. The van der Waals surface area contributed by atoms with Crippen LogP contribution in [0.1, 0.15) is 54.0 Å². The van der Waals surface area contributed by atoms with Gasteiger partial charge in [0.15, 0.2) is 18.4 Å². The van der Waals surface area contributed by atoms with E-state index in [1.807, 2.05) is 20.8 Å². The van der Waals surface area contributed by atoms with Crippen LogP contribution in [0.5, 0.6) is 0 Å². The number of aryl methyl sites for hydroxylation is 3. The second-order valence-corrected chi connectivity index (χ2v) is 10.5. The van der Waals surface area contributed by atoms with Gasteiger partial charge in [-0.2, -0.15) is 0 Å². The summed E-state index contributed by atoms with van der Waals surface area (Å²) in [5.41, 5.74) is 2.02. The van der Waals surface area contributed by atoms with Crippen molar-refractivity contribution in [3.05, 3.63) is 139 Å². The average Bonchev–Trinajstić information content (AvgIpc) is 3.32. The predicted octanol–water partition coefficient (Wildman–Crippen LogP) is 3.67. The molecule has 1 aliphatic rings. The van der Waals surface area contributed by atoms with Gasteiger partial charge >= 0.3 is 23.6 Å². The monoisotopic (exact) mass is 598 g/mol. The first kappa shape index (κ1) is 30.2. The summed E-state index contributed by atoms with van der Waals surface area (Å²) in [6.07, 6.45) is -4.05. The third-order valence-electron chi connectivity index (χ3n) is 7.14. The Morgan fingerprint density at radius 1 is 0.682 bits per heavy atom. The SMILES string of the molecule is Cc1ccc(C(=O)OC[C@H]2O[C@@H](n3ccc(=O)[nH]c3=O)[C@@H](OC(=O)c3ccc(C)cc3)[C@@H]2OC(=O)c2ccc(C)cc2)cc1. The molecule has 1 aromatic heterocycles. The van der Waals surface area contributed by atoms with Gasteiger partial charge in [-0.3, -0.25) is 14.3 Å². The van der Waals surface area contributed by atoms with Gasteiger partial charge in [0.25, 0.3) is 5.56 Å². The Morgan fingerprint density at radius 3 is 1.61 bits per heavy atom. The normalized spacial score (nSPS) is 19.2. The number of ether oxygens (including phenoxy) is 4. The van der Waals surface area contributed by atoms with E-state index in [0.717, 1.165) is 27.3 Å². The van der Waals surface area contributed by atoms with Crippen molar-refractivity contribution in [2.75, 3.05) is 6.61 Å². The summed E-state index contributed by atoms with van der Waals surface area (Å²) in [6.45, 7) is 5.20. The van der Waals surface area contributed by atoms with Crippen LogP contribution >= 0.6 is 0 Å². The molecule has 0 aliphatic carbocycles. The molecule has 44 heavy (non-hydrogen) atoms. The van der Waals surface area contributed by atoms with Crippen LogP contribution in [0.3, 0.4) is 0 Å². The lowest BCUT2D eigenvalue weighted by Crippen LogP contribution is -2.43. The van der Waals surface area contributed by atoms with Crippen molar-refractivity contribution in [2.45, 2.75) is 45.3 Å². The fraction of sp³-hybridized carbons (Fsp3) is 0.242. The topological polar surface area (TPSA) is 143 Å². The van der Waals surface area contributed by atoms with E-state index in [1.165, 1.54) is 6.20 Å². The number of carbonyl (C=O) groups excluding carboxylic acids is 3. The molecule has 0 radical (unpaired) electrons. The van der Waals surface area contributed by atoms with Crippen molar-refractivity contribution < 1.29 is 33.3 Å². The number of benzene rings is 3. The Morgan fingerprint density at radius 2 is 1.14 bits per heavy atom. The van der Waals surface area contributed by atoms with Crippen molar-refractivity contribution >= 4 is 17.9 Å². The summed E-state index contributed by atoms with van der Waals surface area (Å²) in [4.78, 5) is 66.2. The molecule has 0 spiro atoms. The summed E-state index contributed by atoms with van der Waals surface area (Å²) in [7, 11) is 0. The minimum Gasteiger partial charge on any atom is -0.459 e. The highest BCUT2D eigenvalue weighted by molar-refractivity contribution is 5.91.